The second kappa shape index (κ2) is 9.06. The number of rotatable bonds is 5. The fourth-order valence-electron chi connectivity index (χ4n) is 4.93. The predicted molar refractivity (Wildman–Crippen MR) is 136 cm³/mol. The van der Waals surface area contributed by atoms with Gasteiger partial charge in [0.15, 0.2) is 5.82 Å². The summed E-state index contributed by atoms with van der Waals surface area (Å²) in [6.07, 6.45) is 7.92. The van der Waals surface area contributed by atoms with Crippen molar-refractivity contribution in [3.8, 4) is 17.1 Å². The minimum absolute atomic E-state index is 0.179. The van der Waals surface area contributed by atoms with Crippen LogP contribution in [-0.4, -0.2) is 64.7 Å². The molecule has 6 heterocycles. The van der Waals surface area contributed by atoms with E-state index in [1.807, 2.05) is 41.4 Å². The number of H-pyrrole nitrogens is 1. The van der Waals surface area contributed by atoms with Crippen LogP contribution in [0.3, 0.4) is 0 Å². The zero-order chi connectivity index (χ0) is 25.5. The molecule has 1 saturated heterocycles. The quantitative estimate of drug-likeness (QED) is 0.341. The number of amides is 1. The van der Waals surface area contributed by atoms with Gasteiger partial charge in [0.2, 0.25) is 5.91 Å². The van der Waals surface area contributed by atoms with E-state index in [4.69, 9.17) is 10.7 Å². The first-order valence-corrected chi connectivity index (χ1v) is 11.9. The maximum absolute atomic E-state index is 13.1. The van der Waals surface area contributed by atoms with Gasteiger partial charge in [-0.05, 0) is 43.2 Å². The van der Waals surface area contributed by atoms with Crippen LogP contribution in [0.5, 0.6) is 0 Å². The molecule has 1 fully saturated rings. The van der Waals surface area contributed by atoms with Gasteiger partial charge < -0.3 is 5.73 Å². The van der Waals surface area contributed by atoms with Crippen molar-refractivity contribution in [3.63, 3.8) is 0 Å². The van der Waals surface area contributed by atoms with E-state index in [0.717, 1.165) is 5.56 Å². The Kier molecular flexibility index (Phi) is 5.57. The summed E-state index contributed by atoms with van der Waals surface area (Å²) in [7, 11) is 0. The molecule has 0 aliphatic carbocycles. The van der Waals surface area contributed by atoms with E-state index in [1.54, 1.807) is 21.6 Å². The Labute approximate surface area is 209 Å². The van der Waals surface area contributed by atoms with Gasteiger partial charge in [0, 0.05) is 49.5 Å². The van der Waals surface area contributed by atoms with E-state index in [1.165, 1.54) is 6.20 Å². The number of piperidine rings is 1. The molecule has 1 aliphatic heterocycles. The topological polar surface area (TPSA) is 158 Å². The van der Waals surface area contributed by atoms with E-state index in [0.29, 0.717) is 59.4 Å². The van der Waals surface area contributed by atoms with Gasteiger partial charge in [0.25, 0.3) is 5.56 Å². The number of aromatic nitrogens is 7. The molecule has 5 aromatic heterocycles. The Bertz CT molecular complexity index is 1730. The molecule has 0 radical (unpaired) electrons. The molecule has 0 atom stereocenters. The summed E-state index contributed by atoms with van der Waals surface area (Å²) in [5, 5.41) is 4.49. The van der Waals surface area contributed by atoms with Gasteiger partial charge in [-0.1, -0.05) is 0 Å². The molecule has 0 saturated carbocycles. The summed E-state index contributed by atoms with van der Waals surface area (Å²) >= 11 is 0. The SMILES string of the molecule is NC(=O)CN1CCC(n2c(=O)[nH]c(=O)c3cnc4ccc(-c5ccc(-n6cccn6)nc5)nc4c32)CC1. The van der Waals surface area contributed by atoms with E-state index < -0.39 is 11.2 Å². The van der Waals surface area contributed by atoms with E-state index >= 15 is 0 Å². The summed E-state index contributed by atoms with van der Waals surface area (Å²) in [6.45, 7) is 1.40. The molecular weight excluding hydrogens is 474 g/mol. The fourth-order valence-corrected chi connectivity index (χ4v) is 4.93. The van der Waals surface area contributed by atoms with E-state index in [2.05, 4.69) is 20.1 Å². The van der Waals surface area contributed by atoms with Gasteiger partial charge >= 0.3 is 5.69 Å². The van der Waals surface area contributed by atoms with Gasteiger partial charge in [0.1, 0.15) is 5.52 Å². The first kappa shape index (κ1) is 22.7. The van der Waals surface area contributed by atoms with Crippen LogP contribution in [-0.2, 0) is 4.79 Å². The molecule has 12 heteroatoms. The first-order chi connectivity index (χ1) is 18.0. The monoisotopic (exact) mass is 497 g/mol. The smallest absolute Gasteiger partial charge is 0.329 e. The number of nitrogens with zero attached hydrogens (tertiary/aromatic N) is 7. The van der Waals surface area contributed by atoms with Gasteiger partial charge in [-0.25, -0.2) is 19.4 Å². The van der Waals surface area contributed by atoms with Crippen molar-refractivity contribution in [1.82, 2.24) is 39.2 Å². The lowest BCUT2D eigenvalue weighted by Crippen LogP contribution is -2.42. The van der Waals surface area contributed by atoms with Crippen LogP contribution in [0.1, 0.15) is 18.9 Å². The molecular formula is C25H23N9O3. The van der Waals surface area contributed by atoms with E-state index in [-0.39, 0.29) is 18.5 Å². The number of hydrogen-bond acceptors (Lipinski definition) is 8. The summed E-state index contributed by atoms with van der Waals surface area (Å²) in [4.78, 5) is 55.3. The number of nitrogens with one attached hydrogen (secondary N) is 1. The van der Waals surface area contributed by atoms with Crippen LogP contribution in [0, 0.1) is 0 Å². The molecule has 186 valence electrons. The summed E-state index contributed by atoms with van der Waals surface area (Å²) in [5.74, 6) is 0.288. The molecule has 1 aliphatic rings. The van der Waals surface area contributed by atoms with Crippen LogP contribution in [0.2, 0.25) is 0 Å². The molecule has 0 bridgehead atoms. The van der Waals surface area contributed by atoms with Gasteiger partial charge in [-0.3, -0.25) is 29.0 Å². The number of nitrogens with two attached hydrogens (primary N) is 1. The highest BCUT2D eigenvalue weighted by Crippen LogP contribution is 2.28. The lowest BCUT2D eigenvalue weighted by molar-refractivity contribution is -0.119. The van der Waals surface area contributed by atoms with Crippen LogP contribution < -0.4 is 17.0 Å². The van der Waals surface area contributed by atoms with Crippen molar-refractivity contribution in [2.75, 3.05) is 19.6 Å². The molecule has 5 aromatic rings. The summed E-state index contributed by atoms with van der Waals surface area (Å²) in [5.41, 5.74) is 7.25. The molecule has 3 N–H and O–H groups in total. The Balaban J connectivity index is 1.46. The third-order valence-corrected chi connectivity index (χ3v) is 6.70. The lowest BCUT2D eigenvalue weighted by atomic mass is 10.0. The van der Waals surface area contributed by atoms with Crippen molar-refractivity contribution in [1.29, 1.82) is 0 Å². The molecule has 37 heavy (non-hydrogen) atoms. The van der Waals surface area contributed by atoms with Crippen molar-refractivity contribution < 1.29 is 4.79 Å². The summed E-state index contributed by atoms with van der Waals surface area (Å²) < 4.78 is 3.28. The normalized spacial score (nSPS) is 14.9. The number of carbonyl (C=O) groups excluding carboxylic acids is 1. The Morgan fingerprint density at radius 2 is 1.92 bits per heavy atom. The Morgan fingerprint density at radius 1 is 1.08 bits per heavy atom. The van der Waals surface area contributed by atoms with Gasteiger partial charge in [0.05, 0.1) is 28.7 Å². The van der Waals surface area contributed by atoms with E-state index in [9.17, 15) is 14.4 Å². The largest absolute Gasteiger partial charge is 0.369 e. The van der Waals surface area contributed by atoms with Crippen LogP contribution in [0.4, 0.5) is 0 Å². The van der Waals surface area contributed by atoms with Gasteiger partial charge in [-0.2, -0.15) is 5.10 Å². The van der Waals surface area contributed by atoms with Crippen molar-refractivity contribution in [2.45, 2.75) is 18.9 Å². The van der Waals surface area contributed by atoms with Gasteiger partial charge in [-0.15, -0.1) is 0 Å². The molecule has 0 aromatic carbocycles. The lowest BCUT2D eigenvalue weighted by Gasteiger charge is -2.32. The first-order valence-electron chi connectivity index (χ1n) is 11.9. The molecule has 12 nitrogen and oxygen atoms in total. The number of primary amides is 1. The number of hydrogen-bond donors (Lipinski definition) is 2. The number of fused-ring (bicyclic) bond motifs is 3. The maximum Gasteiger partial charge on any atom is 0.329 e. The van der Waals surface area contributed by atoms with Crippen LogP contribution in [0.25, 0.3) is 39.0 Å². The molecule has 6 rings (SSSR count). The molecule has 1 amide bonds. The second-order valence-electron chi connectivity index (χ2n) is 9.04. The van der Waals surface area contributed by atoms with Crippen LogP contribution >= 0.6 is 0 Å². The number of carbonyl (C=O) groups is 1. The third kappa shape index (κ3) is 4.16. The van der Waals surface area contributed by atoms with Crippen molar-refractivity contribution >= 4 is 27.8 Å². The maximum atomic E-state index is 13.1. The average Bonchev–Trinajstić information content (AvgIpc) is 3.44. The van der Waals surface area contributed by atoms with Crippen molar-refractivity contribution in [3.05, 3.63) is 76.0 Å². The second-order valence-corrected chi connectivity index (χ2v) is 9.04. The highest BCUT2D eigenvalue weighted by Gasteiger charge is 2.25. The number of likely N-dealkylation sites (tertiary alicyclic amines) is 1. The fraction of sp³-hybridized carbons (Fsp3) is 0.240. The standard InChI is InChI=1S/C25H23N9O3/c26-20(35)14-32-10-6-16(7-11-32)34-23-17(24(36)31-25(34)37)13-27-19-4-3-18(30-22(19)23)15-2-5-21(28-12-15)33-9-1-8-29-33/h1-5,8-9,12-13,16H,6-7,10-11,14H2,(H2,26,35)(H,31,36,37). The summed E-state index contributed by atoms with van der Waals surface area (Å²) in [6, 6.07) is 9.04. The average molecular weight is 498 g/mol. The minimum atomic E-state index is -0.505. The van der Waals surface area contributed by atoms with Crippen LogP contribution in [0.15, 0.2) is 64.7 Å². The molecule has 0 spiro atoms. The highest BCUT2D eigenvalue weighted by molar-refractivity contribution is 6.01. The zero-order valence-electron chi connectivity index (χ0n) is 19.7. The zero-order valence-corrected chi connectivity index (χ0v) is 19.7. The Morgan fingerprint density at radius 3 is 2.62 bits per heavy atom. The van der Waals surface area contributed by atoms with Crippen molar-refractivity contribution in [2.24, 2.45) is 5.73 Å². The Hall–Kier alpha value is -4.71. The highest BCUT2D eigenvalue weighted by atomic mass is 16.2. The number of pyridine rings is 3. The predicted octanol–water partition coefficient (Wildman–Crippen LogP) is 1.00. The third-order valence-electron chi connectivity index (χ3n) is 6.70. The molecule has 0 unspecified atom stereocenters. The number of aromatic amines is 1. The minimum Gasteiger partial charge on any atom is -0.369 e.